The smallest absolute Gasteiger partial charge is 0.338 e. The molecule has 0 spiro atoms. The lowest BCUT2D eigenvalue weighted by Crippen LogP contribution is -2.44. The van der Waals surface area contributed by atoms with Gasteiger partial charge in [0.05, 0.1) is 5.56 Å². The summed E-state index contributed by atoms with van der Waals surface area (Å²) in [5.41, 5.74) is 0.609. The molecule has 0 radical (unpaired) electrons. The van der Waals surface area contributed by atoms with Crippen LogP contribution in [0.15, 0.2) is 24.3 Å². The Hall–Kier alpha value is -2.57. The van der Waals surface area contributed by atoms with Crippen molar-refractivity contribution in [1.29, 1.82) is 0 Å². The molecule has 7 nitrogen and oxygen atoms in total. The third-order valence-corrected chi connectivity index (χ3v) is 4.49. The fraction of sp³-hybridized carbons (Fsp3) is 0.571. The predicted molar refractivity (Wildman–Crippen MR) is 107 cm³/mol. The first-order valence-electron chi connectivity index (χ1n) is 9.86. The molecule has 154 valence electrons. The number of ether oxygens (including phenoxy) is 1. The Morgan fingerprint density at radius 3 is 2.11 bits per heavy atom. The van der Waals surface area contributed by atoms with E-state index in [9.17, 15) is 14.4 Å². The first kappa shape index (κ1) is 21.7. The van der Waals surface area contributed by atoms with Gasteiger partial charge >= 0.3 is 12.0 Å². The van der Waals surface area contributed by atoms with Gasteiger partial charge in [0.2, 0.25) is 0 Å². The molecular formula is C21H31N3O4. The molecule has 1 saturated carbocycles. The molecule has 0 bridgehead atoms. The first-order valence-corrected chi connectivity index (χ1v) is 9.86. The van der Waals surface area contributed by atoms with Gasteiger partial charge in [0.1, 0.15) is 6.10 Å². The molecular weight excluding hydrogens is 358 g/mol. The van der Waals surface area contributed by atoms with Crippen molar-refractivity contribution in [3.63, 3.8) is 0 Å². The highest BCUT2D eigenvalue weighted by molar-refractivity contribution is 5.96. The lowest BCUT2D eigenvalue weighted by atomic mass is 9.93. The molecule has 0 saturated heterocycles. The normalized spacial score (nSPS) is 19.4. The summed E-state index contributed by atoms with van der Waals surface area (Å²) in [4.78, 5) is 36.1. The van der Waals surface area contributed by atoms with Gasteiger partial charge in [-0.2, -0.15) is 0 Å². The summed E-state index contributed by atoms with van der Waals surface area (Å²) >= 11 is 0. The summed E-state index contributed by atoms with van der Waals surface area (Å²) in [6.07, 6.45) is 2.84. The Balaban J connectivity index is 1.82. The van der Waals surface area contributed by atoms with Crippen LogP contribution in [0.1, 0.15) is 74.1 Å². The fourth-order valence-corrected chi connectivity index (χ4v) is 3.11. The van der Waals surface area contributed by atoms with Crippen molar-refractivity contribution in [2.24, 2.45) is 0 Å². The highest BCUT2D eigenvalue weighted by Gasteiger charge is 2.25. The van der Waals surface area contributed by atoms with Crippen molar-refractivity contribution in [2.45, 2.75) is 71.1 Å². The monoisotopic (exact) mass is 389 g/mol. The van der Waals surface area contributed by atoms with Crippen molar-refractivity contribution < 1.29 is 19.1 Å². The zero-order chi connectivity index (χ0) is 20.7. The Morgan fingerprint density at radius 2 is 1.57 bits per heavy atom. The van der Waals surface area contributed by atoms with Gasteiger partial charge in [-0.3, -0.25) is 4.79 Å². The molecule has 1 aromatic carbocycles. The molecule has 0 atom stereocenters. The van der Waals surface area contributed by atoms with Gasteiger partial charge in [-0.15, -0.1) is 0 Å². The number of carbonyl (C=O) groups excluding carboxylic acids is 3. The van der Waals surface area contributed by atoms with Gasteiger partial charge in [-0.25, -0.2) is 9.59 Å². The minimum atomic E-state index is -0.386. The number of hydrogen-bond donors (Lipinski definition) is 3. The van der Waals surface area contributed by atoms with Gasteiger partial charge in [0.15, 0.2) is 0 Å². The average Bonchev–Trinajstić information content (AvgIpc) is 2.62. The second kappa shape index (κ2) is 9.57. The van der Waals surface area contributed by atoms with Crippen LogP contribution in [0.25, 0.3) is 0 Å². The maximum absolute atomic E-state index is 12.4. The number of urea groups is 1. The summed E-state index contributed by atoms with van der Waals surface area (Å²) in [6.45, 7) is 8.21. The number of rotatable bonds is 5. The molecule has 0 aliphatic heterocycles. The molecule has 0 aromatic heterocycles. The van der Waals surface area contributed by atoms with E-state index < -0.39 is 0 Å². The zero-order valence-electron chi connectivity index (χ0n) is 17.1. The van der Waals surface area contributed by atoms with Gasteiger partial charge < -0.3 is 20.7 Å². The number of carbonyl (C=O) groups is 3. The Labute approximate surface area is 166 Å². The molecule has 3 amide bonds. The lowest BCUT2D eigenvalue weighted by molar-refractivity contribution is 0.0188. The van der Waals surface area contributed by atoms with Crippen LogP contribution >= 0.6 is 0 Å². The molecule has 7 heteroatoms. The van der Waals surface area contributed by atoms with Crippen LogP contribution in [0.3, 0.4) is 0 Å². The summed E-state index contributed by atoms with van der Waals surface area (Å²) < 4.78 is 5.59. The van der Waals surface area contributed by atoms with Crippen molar-refractivity contribution in [3.05, 3.63) is 35.4 Å². The second-order valence-electron chi connectivity index (χ2n) is 8.16. The van der Waals surface area contributed by atoms with Crippen LogP contribution in [0.2, 0.25) is 0 Å². The third-order valence-electron chi connectivity index (χ3n) is 4.49. The molecule has 1 aromatic rings. The summed E-state index contributed by atoms with van der Waals surface area (Å²) in [5, 5.41) is 8.53. The number of amides is 3. The number of esters is 1. The molecule has 1 aliphatic rings. The van der Waals surface area contributed by atoms with Crippen LogP contribution in [-0.2, 0) is 4.74 Å². The van der Waals surface area contributed by atoms with Crippen LogP contribution in [0.5, 0.6) is 0 Å². The maximum Gasteiger partial charge on any atom is 0.338 e. The number of nitrogens with one attached hydrogen (secondary N) is 3. The predicted octanol–water partition coefficient (Wildman–Crippen LogP) is 3.00. The molecule has 0 unspecified atom stereocenters. The molecule has 1 fully saturated rings. The minimum Gasteiger partial charge on any atom is -0.459 e. The standard InChI is InChI=1S/C21H31N3O4/c1-5-22-20(27)23-16-10-12-17(13-11-16)28-19(26)15-8-6-14(7-9-15)18(25)24-21(2,3)4/h6-9,16-17H,5,10-13H2,1-4H3,(H,24,25)(H2,22,23,27). The van der Waals surface area contributed by atoms with Crippen molar-refractivity contribution in [3.8, 4) is 0 Å². The Kier molecular flexibility index (Phi) is 7.43. The SMILES string of the molecule is CCNC(=O)NC1CCC(OC(=O)c2ccc(C(=O)NC(C)(C)C)cc2)CC1. The van der Waals surface area contributed by atoms with E-state index >= 15 is 0 Å². The van der Waals surface area contributed by atoms with E-state index in [1.165, 1.54) is 0 Å². The fourth-order valence-electron chi connectivity index (χ4n) is 3.11. The molecule has 3 N–H and O–H groups in total. The quantitative estimate of drug-likeness (QED) is 0.675. The van der Waals surface area contributed by atoms with Crippen molar-refractivity contribution >= 4 is 17.9 Å². The van der Waals surface area contributed by atoms with Crippen molar-refractivity contribution in [2.75, 3.05) is 6.54 Å². The second-order valence-corrected chi connectivity index (χ2v) is 8.16. The van der Waals surface area contributed by atoms with Crippen LogP contribution in [-0.4, -0.2) is 42.1 Å². The van der Waals surface area contributed by atoms with E-state index in [2.05, 4.69) is 16.0 Å². The first-order chi connectivity index (χ1) is 13.2. The summed E-state index contributed by atoms with van der Waals surface area (Å²) in [6, 6.07) is 6.45. The Bertz CT molecular complexity index is 687. The third kappa shape index (κ3) is 6.87. The van der Waals surface area contributed by atoms with E-state index in [-0.39, 0.29) is 35.6 Å². The van der Waals surface area contributed by atoms with Crippen LogP contribution in [0, 0.1) is 0 Å². The van der Waals surface area contributed by atoms with Gasteiger partial charge in [0, 0.05) is 23.7 Å². The molecule has 2 rings (SSSR count). The summed E-state index contributed by atoms with van der Waals surface area (Å²) in [5.74, 6) is -0.562. The highest BCUT2D eigenvalue weighted by atomic mass is 16.5. The van der Waals surface area contributed by atoms with E-state index in [0.29, 0.717) is 17.7 Å². The maximum atomic E-state index is 12.4. The van der Waals surface area contributed by atoms with E-state index in [1.54, 1.807) is 24.3 Å². The van der Waals surface area contributed by atoms with E-state index in [1.807, 2.05) is 27.7 Å². The van der Waals surface area contributed by atoms with Gasteiger partial charge in [-0.1, -0.05) is 0 Å². The Morgan fingerprint density at radius 1 is 1.00 bits per heavy atom. The van der Waals surface area contributed by atoms with E-state index in [4.69, 9.17) is 4.74 Å². The lowest BCUT2D eigenvalue weighted by Gasteiger charge is -2.28. The zero-order valence-corrected chi connectivity index (χ0v) is 17.1. The topological polar surface area (TPSA) is 96.5 Å². The van der Waals surface area contributed by atoms with Crippen molar-refractivity contribution in [1.82, 2.24) is 16.0 Å². The molecule has 28 heavy (non-hydrogen) atoms. The summed E-state index contributed by atoms with van der Waals surface area (Å²) in [7, 11) is 0. The van der Waals surface area contributed by atoms with Gasteiger partial charge in [-0.05, 0) is 77.6 Å². The van der Waals surface area contributed by atoms with E-state index in [0.717, 1.165) is 25.7 Å². The van der Waals surface area contributed by atoms with Gasteiger partial charge in [0.25, 0.3) is 5.91 Å². The number of hydrogen-bond acceptors (Lipinski definition) is 4. The highest BCUT2D eigenvalue weighted by Crippen LogP contribution is 2.22. The minimum absolute atomic E-state index is 0.113. The molecule has 1 aliphatic carbocycles. The largest absolute Gasteiger partial charge is 0.459 e. The van der Waals surface area contributed by atoms with Crippen LogP contribution in [0.4, 0.5) is 4.79 Å². The van der Waals surface area contributed by atoms with Crippen LogP contribution < -0.4 is 16.0 Å². The average molecular weight is 389 g/mol. The molecule has 0 heterocycles. The number of benzene rings is 1.